The molecule has 1 saturated heterocycles. The highest BCUT2D eigenvalue weighted by Gasteiger charge is 2.29. The van der Waals surface area contributed by atoms with Crippen LogP contribution in [0.1, 0.15) is 24.0 Å². The predicted molar refractivity (Wildman–Crippen MR) is 136 cm³/mol. The van der Waals surface area contributed by atoms with Crippen LogP contribution in [0.4, 0.5) is 11.4 Å². The summed E-state index contributed by atoms with van der Waals surface area (Å²) in [4.78, 5) is 10.9. The molecule has 1 heterocycles. The first-order chi connectivity index (χ1) is 17.4. The largest absolute Gasteiger partial charge is 0.493 e. The number of nitrogens with one attached hydrogen (secondary N) is 1. The van der Waals surface area contributed by atoms with Gasteiger partial charge in [0, 0.05) is 19.2 Å². The summed E-state index contributed by atoms with van der Waals surface area (Å²) in [6.07, 6.45) is 3.03. The van der Waals surface area contributed by atoms with E-state index in [-0.39, 0.29) is 16.3 Å². The Labute approximate surface area is 209 Å². The van der Waals surface area contributed by atoms with Crippen LogP contribution in [0.3, 0.4) is 0 Å². The van der Waals surface area contributed by atoms with Gasteiger partial charge in [0.2, 0.25) is 10.0 Å². The van der Waals surface area contributed by atoms with Gasteiger partial charge in [-0.3, -0.25) is 15.5 Å². The molecule has 3 aromatic rings. The molecule has 4 rings (SSSR count). The molecule has 0 aromatic heterocycles. The van der Waals surface area contributed by atoms with Crippen LogP contribution >= 0.6 is 0 Å². The second-order valence-corrected chi connectivity index (χ2v) is 10.0. The quantitative estimate of drug-likeness (QED) is 0.243. The number of sulfonamides is 1. The molecular formula is C25H26N4O6S. The minimum atomic E-state index is -3.77. The number of methoxy groups -OCH3 is 1. The Morgan fingerprint density at radius 3 is 2.50 bits per heavy atom. The summed E-state index contributed by atoms with van der Waals surface area (Å²) < 4.78 is 38.1. The molecule has 1 aliphatic rings. The average Bonchev–Trinajstić information content (AvgIpc) is 3.44. The van der Waals surface area contributed by atoms with Crippen molar-refractivity contribution in [2.45, 2.75) is 24.3 Å². The Kier molecular flexibility index (Phi) is 7.81. The Morgan fingerprint density at radius 2 is 1.81 bits per heavy atom. The number of hydrogen-bond acceptors (Lipinski definition) is 8. The highest BCUT2D eigenvalue weighted by molar-refractivity contribution is 7.89. The van der Waals surface area contributed by atoms with Gasteiger partial charge in [0.25, 0.3) is 5.69 Å². The molecule has 0 radical (unpaired) electrons. The highest BCUT2D eigenvalue weighted by atomic mass is 32.2. The van der Waals surface area contributed by atoms with Gasteiger partial charge in [-0.2, -0.15) is 9.41 Å². The van der Waals surface area contributed by atoms with Crippen molar-refractivity contribution in [1.82, 2.24) is 4.31 Å². The molecular weight excluding hydrogens is 484 g/mol. The maximum atomic E-state index is 12.8. The number of hydrazone groups is 1. The Morgan fingerprint density at radius 1 is 1.06 bits per heavy atom. The van der Waals surface area contributed by atoms with Gasteiger partial charge in [-0.1, -0.05) is 30.3 Å². The first-order valence-electron chi connectivity index (χ1n) is 11.3. The first-order valence-corrected chi connectivity index (χ1v) is 12.7. The van der Waals surface area contributed by atoms with Crippen molar-refractivity contribution in [3.05, 3.63) is 88.0 Å². The monoisotopic (exact) mass is 510 g/mol. The lowest BCUT2D eigenvalue weighted by Crippen LogP contribution is -2.27. The topological polar surface area (TPSA) is 123 Å². The fourth-order valence-corrected chi connectivity index (χ4v) is 5.33. The number of benzene rings is 3. The molecule has 0 bridgehead atoms. The summed E-state index contributed by atoms with van der Waals surface area (Å²) >= 11 is 0. The summed E-state index contributed by atoms with van der Waals surface area (Å²) in [5.74, 6) is 1.08. The van der Waals surface area contributed by atoms with Gasteiger partial charge in [-0.25, -0.2) is 8.42 Å². The number of ether oxygens (including phenoxy) is 2. The summed E-state index contributed by atoms with van der Waals surface area (Å²) in [5.41, 5.74) is 4.02. The molecule has 0 aliphatic carbocycles. The molecule has 1 fully saturated rings. The van der Waals surface area contributed by atoms with E-state index < -0.39 is 14.9 Å². The van der Waals surface area contributed by atoms with E-state index >= 15 is 0 Å². The van der Waals surface area contributed by atoms with Crippen LogP contribution in [-0.4, -0.2) is 44.1 Å². The Balaban J connectivity index is 1.47. The van der Waals surface area contributed by atoms with Crippen molar-refractivity contribution in [3.63, 3.8) is 0 Å². The molecule has 1 N–H and O–H groups in total. The third-order valence-corrected chi connectivity index (χ3v) is 7.59. The molecule has 188 valence electrons. The Hall–Kier alpha value is -3.96. The van der Waals surface area contributed by atoms with Gasteiger partial charge in [-0.15, -0.1) is 0 Å². The zero-order valence-corrected chi connectivity index (χ0v) is 20.5. The predicted octanol–water partition coefficient (Wildman–Crippen LogP) is 4.41. The lowest BCUT2D eigenvalue weighted by atomic mass is 10.2. The first kappa shape index (κ1) is 25.1. The van der Waals surface area contributed by atoms with E-state index in [4.69, 9.17) is 9.47 Å². The normalized spacial score (nSPS) is 14.1. The summed E-state index contributed by atoms with van der Waals surface area (Å²) in [6.45, 7) is 1.22. The summed E-state index contributed by atoms with van der Waals surface area (Å²) in [6, 6.07) is 18.8. The maximum absolute atomic E-state index is 12.8. The standard InChI is InChI=1S/C25H26N4O6S/c1-34-25-15-20(9-12-24(25)35-18-19-7-3-2-4-8-19)17-26-27-22-11-10-21(16-23(22)29(30)31)36(32,33)28-13-5-6-14-28/h2-4,7-12,15-17,27H,5-6,13-14,18H2,1H3/b26-17+. The smallest absolute Gasteiger partial charge is 0.295 e. The van der Waals surface area contributed by atoms with Gasteiger partial charge < -0.3 is 9.47 Å². The average molecular weight is 511 g/mol. The third kappa shape index (κ3) is 5.81. The van der Waals surface area contributed by atoms with Gasteiger partial charge in [0.05, 0.1) is 23.1 Å². The van der Waals surface area contributed by atoms with Crippen LogP contribution in [0.25, 0.3) is 0 Å². The molecule has 0 spiro atoms. The van der Waals surface area contributed by atoms with Crippen LogP contribution in [0, 0.1) is 10.1 Å². The van der Waals surface area contributed by atoms with Gasteiger partial charge >= 0.3 is 0 Å². The van der Waals surface area contributed by atoms with E-state index in [0.29, 0.717) is 36.8 Å². The van der Waals surface area contributed by atoms with Gasteiger partial charge in [0.15, 0.2) is 11.5 Å². The number of nitro benzene ring substituents is 1. The maximum Gasteiger partial charge on any atom is 0.295 e. The van der Waals surface area contributed by atoms with Crippen molar-refractivity contribution in [1.29, 1.82) is 0 Å². The second kappa shape index (κ2) is 11.2. The van der Waals surface area contributed by atoms with E-state index in [1.807, 2.05) is 30.3 Å². The summed E-state index contributed by atoms with van der Waals surface area (Å²) in [5, 5.41) is 15.7. The van der Waals surface area contributed by atoms with E-state index in [9.17, 15) is 18.5 Å². The molecule has 0 saturated carbocycles. The fourth-order valence-electron chi connectivity index (χ4n) is 3.79. The number of hydrogen-bond donors (Lipinski definition) is 1. The molecule has 3 aromatic carbocycles. The van der Waals surface area contributed by atoms with Gasteiger partial charge in [0.1, 0.15) is 12.3 Å². The van der Waals surface area contributed by atoms with Crippen molar-refractivity contribution in [2.24, 2.45) is 5.10 Å². The van der Waals surface area contributed by atoms with Crippen molar-refractivity contribution in [2.75, 3.05) is 25.6 Å². The van der Waals surface area contributed by atoms with Gasteiger partial charge in [-0.05, 0) is 54.3 Å². The molecule has 0 atom stereocenters. The second-order valence-electron chi connectivity index (χ2n) is 8.10. The SMILES string of the molecule is COc1cc(/C=N/Nc2ccc(S(=O)(=O)N3CCCC3)cc2[N+](=O)[O-])ccc1OCc1ccccc1. The Bertz CT molecular complexity index is 1360. The number of nitrogens with zero attached hydrogens (tertiary/aromatic N) is 3. The number of rotatable bonds is 10. The molecule has 10 nitrogen and oxygen atoms in total. The molecule has 36 heavy (non-hydrogen) atoms. The molecule has 0 amide bonds. The fraction of sp³-hybridized carbons (Fsp3) is 0.240. The zero-order valence-electron chi connectivity index (χ0n) is 19.7. The van der Waals surface area contributed by atoms with Crippen molar-refractivity contribution in [3.8, 4) is 11.5 Å². The molecule has 0 unspecified atom stereocenters. The molecule has 1 aliphatic heterocycles. The number of nitro groups is 1. The van der Waals surface area contributed by atoms with Crippen LogP contribution in [0.5, 0.6) is 11.5 Å². The molecule has 11 heteroatoms. The van der Waals surface area contributed by atoms with E-state index in [2.05, 4.69) is 10.5 Å². The van der Waals surface area contributed by atoms with Crippen LogP contribution in [0.2, 0.25) is 0 Å². The van der Waals surface area contributed by atoms with E-state index in [1.165, 1.54) is 29.8 Å². The lowest BCUT2D eigenvalue weighted by molar-refractivity contribution is -0.384. The lowest BCUT2D eigenvalue weighted by Gasteiger charge is -2.15. The zero-order chi connectivity index (χ0) is 25.5. The van der Waals surface area contributed by atoms with Crippen LogP contribution in [0.15, 0.2) is 76.7 Å². The van der Waals surface area contributed by atoms with E-state index in [0.717, 1.165) is 24.5 Å². The van der Waals surface area contributed by atoms with Crippen LogP contribution < -0.4 is 14.9 Å². The van der Waals surface area contributed by atoms with Crippen molar-refractivity contribution < 1.29 is 22.8 Å². The van der Waals surface area contributed by atoms with Crippen molar-refractivity contribution >= 4 is 27.6 Å². The summed E-state index contributed by atoms with van der Waals surface area (Å²) in [7, 11) is -2.24. The van der Waals surface area contributed by atoms with Crippen LogP contribution in [-0.2, 0) is 16.6 Å². The third-order valence-electron chi connectivity index (χ3n) is 5.69. The highest BCUT2D eigenvalue weighted by Crippen LogP contribution is 2.31. The minimum Gasteiger partial charge on any atom is -0.493 e. The minimum absolute atomic E-state index is 0.0754. The van der Waals surface area contributed by atoms with E-state index in [1.54, 1.807) is 18.2 Å². The number of anilines is 1.